The van der Waals surface area contributed by atoms with E-state index in [1.165, 1.54) is 0 Å². The highest BCUT2D eigenvalue weighted by atomic mass is 16.2. The van der Waals surface area contributed by atoms with E-state index >= 15 is 0 Å². The van der Waals surface area contributed by atoms with Gasteiger partial charge in [-0.1, -0.05) is 35.6 Å². The van der Waals surface area contributed by atoms with Gasteiger partial charge in [0.1, 0.15) is 6.61 Å². The monoisotopic (exact) mass is 279 g/mol. The molecule has 0 radical (unpaired) electrons. The molecule has 0 saturated heterocycles. The summed E-state index contributed by atoms with van der Waals surface area (Å²) < 4.78 is 0. The largest absolute Gasteiger partial charge is 0.384 e. The second-order valence-electron chi connectivity index (χ2n) is 4.81. The van der Waals surface area contributed by atoms with E-state index in [1.54, 1.807) is 6.07 Å². The van der Waals surface area contributed by atoms with Crippen LogP contribution in [-0.2, 0) is 0 Å². The van der Waals surface area contributed by atoms with Gasteiger partial charge in [-0.25, -0.2) is 0 Å². The molecule has 0 aliphatic rings. The van der Waals surface area contributed by atoms with E-state index < -0.39 is 0 Å². The van der Waals surface area contributed by atoms with Crippen molar-refractivity contribution in [3.8, 4) is 11.8 Å². The van der Waals surface area contributed by atoms with Gasteiger partial charge < -0.3 is 10.4 Å². The average Bonchev–Trinajstić information content (AvgIpc) is 2.48. The third kappa shape index (κ3) is 3.95. The maximum Gasteiger partial charge on any atom is 0.255 e. The van der Waals surface area contributed by atoms with E-state index in [1.807, 2.05) is 50.2 Å². The summed E-state index contributed by atoms with van der Waals surface area (Å²) in [5.74, 6) is 5.28. The first-order valence-electron chi connectivity index (χ1n) is 6.68. The third-order valence-electron chi connectivity index (χ3n) is 3.08. The Hall–Kier alpha value is -2.57. The van der Waals surface area contributed by atoms with E-state index in [0.29, 0.717) is 5.56 Å². The van der Waals surface area contributed by atoms with Gasteiger partial charge in [0, 0.05) is 16.8 Å². The Balaban J connectivity index is 2.24. The van der Waals surface area contributed by atoms with Crippen LogP contribution in [0.4, 0.5) is 5.69 Å². The Morgan fingerprint density at radius 2 is 2.00 bits per heavy atom. The van der Waals surface area contributed by atoms with Crippen molar-refractivity contribution in [2.45, 2.75) is 13.8 Å². The molecule has 3 heteroatoms. The zero-order valence-electron chi connectivity index (χ0n) is 12.1. The lowest BCUT2D eigenvalue weighted by Gasteiger charge is -2.09. The molecule has 0 heterocycles. The number of aryl methyl sites for hydroxylation is 2. The van der Waals surface area contributed by atoms with Crippen LogP contribution in [0, 0.1) is 25.7 Å². The van der Waals surface area contributed by atoms with Crippen molar-refractivity contribution in [2.75, 3.05) is 11.9 Å². The molecule has 2 aromatic carbocycles. The molecule has 2 aromatic rings. The Labute approximate surface area is 124 Å². The lowest BCUT2D eigenvalue weighted by atomic mass is 10.1. The Bertz CT molecular complexity index is 723. The van der Waals surface area contributed by atoms with E-state index in [4.69, 9.17) is 5.11 Å². The molecule has 0 saturated carbocycles. The van der Waals surface area contributed by atoms with Gasteiger partial charge in [0.25, 0.3) is 5.91 Å². The number of aliphatic hydroxyl groups excluding tert-OH is 1. The second-order valence-corrected chi connectivity index (χ2v) is 4.81. The number of amides is 1. The number of hydrogen-bond acceptors (Lipinski definition) is 2. The minimum Gasteiger partial charge on any atom is -0.384 e. The first-order valence-corrected chi connectivity index (χ1v) is 6.68. The Kier molecular flexibility index (Phi) is 4.76. The van der Waals surface area contributed by atoms with Crippen molar-refractivity contribution in [2.24, 2.45) is 0 Å². The van der Waals surface area contributed by atoms with Crippen LogP contribution in [0.25, 0.3) is 0 Å². The van der Waals surface area contributed by atoms with Crippen LogP contribution < -0.4 is 5.32 Å². The molecule has 0 aromatic heterocycles. The highest BCUT2D eigenvalue weighted by Crippen LogP contribution is 2.18. The quantitative estimate of drug-likeness (QED) is 0.830. The number of hydrogen-bond donors (Lipinski definition) is 2. The summed E-state index contributed by atoms with van der Waals surface area (Å²) in [6.07, 6.45) is 0. The molecule has 0 bridgehead atoms. The third-order valence-corrected chi connectivity index (χ3v) is 3.08. The van der Waals surface area contributed by atoms with Gasteiger partial charge in [-0.3, -0.25) is 4.79 Å². The number of nitrogens with one attached hydrogen (secondary N) is 1. The number of anilines is 1. The van der Waals surface area contributed by atoms with E-state index in [0.717, 1.165) is 22.4 Å². The van der Waals surface area contributed by atoms with E-state index in [9.17, 15) is 4.79 Å². The van der Waals surface area contributed by atoms with Gasteiger partial charge in [0.15, 0.2) is 0 Å². The summed E-state index contributed by atoms with van der Waals surface area (Å²) in [7, 11) is 0. The van der Waals surface area contributed by atoms with Crippen molar-refractivity contribution in [3.05, 3.63) is 64.7 Å². The molecular weight excluding hydrogens is 262 g/mol. The first-order chi connectivity index (χ1) is 10.1. The highest BCUT2D eigenvalue weighted by molar-refractivity contribution is 6.04. The molecule has 0 spiro atoms. The molecule has 0 atom stereocenters. The highest BCUT2D eigenvalue weighted by Gasteiger charge is 2.08. The molecule has 21 heavy (non-hydrogen) atoms. The second kappa shape index (κ2) is 6.74. The molecule has 2 rings (SSSR count). The van der Waals surface area contributed by atoms with Crippen LogP contribution in [0.15, 0.2) is 42.5 Å². The van der Waals surface area contributed by atoms with Crippen molar-refractivity contribution in [1.29, 1.82) is 0 Å². The summed E-state index contributed by atoms with van der Waals surface area (Å²) in [5, 5.41) is 11.6. The summed E-state index contributed by atoms with van der Waals surface area (Å²) in [6.45, 7) is 3.70. The Morgan fingerprint density at radius 3 is 2.71 bits per heavy atom. The van der Waals surface area contributed by atoms with Crippen LogP contribution in [-0.4, -0.2) is 17.6 Å². The summed E-state index contributed by atoms with van der Waals surface area (Å²) in [4.78, 5) is 12.3. The van der Waals surface area contributed by atoms with Crippen molar-refractivity contribution in [3.63, 3.8) is 0 Å². The number of rotatable bonds is 2. The predicted octanol–water partition coefficient (Wildman–Crippen LogP) is 2.90. The van der Waals surface area contributed by atoms with Crippen LogP contribution in [0.2, 0.25) is 0 Å². The molecule has 106 valence electrons. The van der Waals surface area contributed by atoms with Crippen molar-refractivity contribution >= 4 is 11.6 Å². The summed E-state index contributed by atoms with van der Waals surface area (Å²) in [6, 6.07) is 13.0. The topological polar surface area (TPSA) is 49.3 Å². The summed E-state index contributed by atoms with van der Waals surface area (Å²) >= 11 is 0. The molecule has 0 unspecified atom stereocenters. The van der Waals surface area contributed by atoms with E-state index in [-0.39, 0.29) is 12.5 Å². The van der Waals surface area contributed by atoms with Crippen LogP contribution in [0.5, 0.6) is 0 Å². The lowest BCUT2D eigenvalue weighted by Crippen LogP contribution is -2.13. The van der Waals surface area contributed by atoms with Crippen LogP contribution in [0.1, 0.15) is 27.0 Å². The average molecular weight is 279 g/mol. The number of aliphatic hydroxyl groups is 1. The molecule has 0 aliphatic heterocycles. The van der Waals surface area contributed by atoms with Gasteiger partial charge in [0.05, 0.1) is 0 Å². The van der Waals surface area contributed by atoms with Gasteiger partial charge >= 0.3 is 0 Å². The standard InChI is InChI=1S/C18H17NO2/c1-13-5-3-7-16(11-13)18(21)19-17-12-15(6-4-10-20)9-8-14(17)2/h3,5,7-9,11-12,20H,10H2,1-2H3,(H,19,21). The molecule has 0 fully saturated rings. The summed E-state index contributed by atoms with van der Waals surface area (Å²) in [5.41, 5.74) is 4.12. The normalized spacial score (nSPS) is 9.67. The lowest BCUT2D eigenvalue weighted by molar-refractivity contribution is 0.102. The SMILES string of the molecule is Cc1cccc(C(=O)Nc2cc(C#CCO)ccc2C)c1. The fourth-order valence-electron chi connectivity index (χ4n) is 1.96. The minimum atomic E-state index is -0.182. The molecular formula is C18H17NO2. The first kappa shape index (κ1) is 14.8. The zero-order valence-corrected chi connectivity index (χ0v) is 12.1. The Morgan fingerprint density at radius 1 is 1.19 bits per heavy atom. The van der Waals surface area contributed by atoms with Gasteiger partial charge in [-0.2, -0.15) is 0 Å². The van der Waals surface area contributed by atoms with Crippen molar-refractivity contribution in [1.82, 2.24) is 0 Å². The van der Waals surface area contributed by atoms with Gasteiger partial charge in [0.2, 0.25) is 0 Å². The minimum absolute atomic E-state index is 0.144. The fraction of sp³-hybridized carbons (Fsp3) is 0.167. The fourth-order valence-corrected chi connectivity index (χ4v) is 1.96. The van der Waals surface area contributed by atoms with Crippen molar-refractivity contribution < 1.29 is 9.90 Å². The predicted molar refractivity (Wildman–Crippen MR) is 84.3 cm³/mol. The van der Waals surface area contributed by atoms with Crippen LogP contribution in [0.3, 0.4) is 0 Å². The number of carbonyl (C=O) groups excluding carboxylic acids is 1. The number of benzene rings is 2. The smallest absolute Gasteiger partial charge is 0.255 e. The van der Waals surface area contributed by atoms with E-state index in [2.05, 4.69) is 17.2 Å². The number of carbonyl (C=O) groups is 1. The van der Waals surface area contributed by atoms with Gasteiger partial charge in [-0.05, 0) is 43.7 Å². The van der Waals surface area contributed by atoms with Crippen LogP contribution >= 0.6 is 0 Å². The molecule has 2 N–H and O–H groups in total. The zero-order chi connectivity index (χ0) is 15.2. The molecule has 0 aliphatic carbocycles. The maximum atomic E-state index is 12.3. The maximum absolute atomic E-state index is 12.3. The molecule has 3 nitrogen and oxygen atoms in total. The van der Waals surface area contributed by atoms with Gasteiger partial charge in [-0.15, -0.1) is 0 Å². The molecule has 1 amide bonds.